The van der Waals surface area contributed by atoms with E-state index in [0.29, 0.717) is 5.92 Å². The number of hydrogen-bond donors (Lipinski definition) is 1. The summed E-state index contributed by atoms with van der Waals surface area (Å²) in [5.41, 5.74) is 1.30. The predicted octanol–water partition coefficient (Wildman–Crippen LogP) is 2.55. The van der Waals surface area contributed by atoms with Crippen molar-refractivity contribution in [1.82, 2.24) is 0 Å². The van der Waals surface area contributed by atoms with Crippen molar-refractivity contribution in [2.24, 2.45) is 5.92 Å². The molecule has 98 valence electrons. The lowest BCUT2D eigenvalue weighted by Crippen LogP contribution is -2.38. The topological polar surface area (TPSA) is 38.7 Å². The predicted molar refractivity (Wildman–Crippen MR) is 69.1 cm³/mol. The van der Waals surface area contributed by atoms with Gasteiger partial charge in [-0.2, -0.15) is 0 Å². The van der Waals surface area contributed by atoms with E-state index < -0.39 is 0 Å². The van der Waals surface area contributed by atoms with E-state index in [9.17, 15) is 5.11 Å². The minimum Gasteiger partial charge on any atom is -0.493 e. The second kappa shape index (κ2) is 4.81. The number of aliphatic hydroxyl groups excluding tert-OH is 1. The van der Waals surface area contributed by atoms with Crippen molar-refractivity contribution < 1.29 is 14.6 Å². The molecule has 1 fully saturated rings. The number of rotatable bonds is 1. The zero-order valence-corrected chi connectivity index (χ0v) is 10.8. The molecule has 2 aliphatic rings. The highest BCUT2D eigenvalue weighted by molar-refractivity contribution is 5.43. The summed E-state index contributed by atoms with van der Waals surface area (Å²) < 4.78 is 11.3. The molecule has 1 aromatic carbocycles. The molecule has 3 nitrogen and oxygen atoms in total. The molecule has 1 saturated carbocycles. The van der Waals surface area contributed by atoms with Gasteiger partial charge in [0.25, 0.3) is 0 Å². The van der Waals surface area contributed by atoms with Crippen LogP contribution in [0.4, 0.5) is 0 Å². The summed E-state index contributed by atoms with van der Waals surface area (Å²) in [5, 5.41) is 10.1. The van der Waals surface area contributed by atoms with E-state index in [1.165, 1.54) is 12.0 Å². The molecule has 0 amide bonds. The van der Waals surface area contributed by atoms with Crippen LogP contribution in [0.25, 0.3) is 0 Å². The Balaban J connectivity index is 1.94. The minimum atomic E-state index is -0.340. The Labute approximate surface area is 108 Å². The van der Waals surface area contributed by atoms with E-state index in [4.69, 9.17) is 9.47 Å². The van der Waals surface area contributed by atoms with Gasteiger partial charge in [0.15, 0.2) is 11.5 Å². The number of aliphatic hydroxyl groups is 1. The molecule has 0 aromatic heterocycles. The maximum Gasteiger partial charge on any atom is 0.161 e. The fourth-order valence-electron chi connectivity index (χ4n) is 3.09. The summed E-state index contributed by atoms with van der Waals surface area (Å²) in [6, 6.07) is 6.13. The molecule has 1 N–H and O–H groups in total. The molecule has 1 aromatic rings. The highest BCUT2D eigenvalue weighted by atomic mass is 16.5. The Morgan fingerprint density at radius 1 is 1.28 bits per heavy atom. The third-order valence-corrected chi connectivity index (χ3v) is 4.21. The summed E-state index contributed by atoms with van der Waals surface area (Å²) >= 11 is 0. The average Bonchev–Trinajstić information content (AvgIpc) is 2.44. The molecule has 0 spiro atoms. The summed E-state index contributed by atoms with van der Waals surface area (Å²) in [4.78, 5) is 0. The first kappa shape index (κ1) is 11.8. The molecule has 4 bridgehead atoms. The Kier molecular flexibility index (Phi) is 3.16. The van der Waals surface area contributed by atoms with Crippen LogP contribution in [0.3, 0.4) is 0 Å². The number of hydrogen-bond acceptors (Lipinski definition) is 3. The van der Waals surface area contributed by atoms with Gasteiger partial charge in [-0.25, -0.2) is 0 Å². The zero-order valence-electron chi connectivity index (χ0n) is 10.8. The molecule has 0 radical (unpaired) electrons. The number of fused-ring (bicyclic) bond motifs is 4. The molecule has 18 heavy (non-hydrogen) atoms. The average molecular weight is 248 g/mol. The molecule has 1 aliphatic heterocycles. The van der Waals surface area contributed by atoms with Crippen LogP contribution >= 0.6 is 0 Å². The third-order valence-electron chi connectivity index (χ3n) is 4.21. The molecule has 3 atom stereocenters. The first-order valence-corrected chi connectivity index (χ1v) is 6.78. The third kappa shape index (κ3) is 2.19. The Morgan fingerprint density at radius 2 is 2.17 bits per heavy atom. The van der Waals surface area contributed by atoms with Gasteiger partial charge in [-0.1, -0.05) is 6.07 Å². The smallest absolute Gasteiger partial charge is 0.161 e. The molecule has 3 unspecified atom stereocenters. The maximum absolute atomic E-state index is 10.1. The van der Waals surface area contributed by atoms with Crippen LogP contribution in [-0.2, 0) is 6.42 Å². The van der Waals surface area contributed by atoms with E-state index in [-0.39, 0.29) is 12.2 Å². The van der Waals surface area contributed by atoms with Crippen LogP contribution in [0.5, 0.6) is 11.5 Å². The summed E-state index contributed by atoms with van der Waals surface area (Å²) in [6.45, 7) is 0. The van der Waals surface area contributed by atoms with Crippen molar-refractivity contribution in [3.05, 3.63) is 23.8 Å². The van der Waals surface area contributed by atoms with E-state index in [1.54, 1.807) is 7.11 Å². The van der Waals surface area contributed by atoms with Crippen molar-refractivity contribution in [1.29, 1.82) is 0 Å². The molecule has 3 rings (SSSR count). The molecular formula is C15H20O3. The van der Waals surface area contributed by atoms with Gasteiger partial charge in [0.05, 0.1) is 13.2 Å². The van der Waals surface area contributed by atoms with Gasteiger partial charge < -0.3 is 14.6 Å². The Bertz CT molecular complexity index is 430. The van der Waals surface area contributed by atoms with E-state index >= 15 is 0 Å². The zero-order chi connectivity index (χ0) is 12.5. The second-order valence-electron chi connectivity index (χ2n) is 5.43. The molecule has 1 heterocycles. The number of methoxy groups -OCH3 is 1. The monoisotopic (exact) mass is 248 g/mol. The largest absolute Gasteiger partial charge is 0.493 e. The fourth-order valence-corrected chi connectivity index (χ4v) is 3.09. The van der Waals surface area contributed by atoms with Crippen molar-refractivity contribution in [3.8, 4) is 11.5 Å². The maximum atomic E-state index is 10.1. The lowest BCUT2D eigenvalue weighted by Gasteiger charge is -2.33. The first-order chi connectivity index (χ1) is 8.76. The van der Waals surface area contributed by atoms with Crippen LogP contribution in [0.1, 0.15) is 31.2 Å². The van der Waals surface area contributed by atoms with Crippen molar-refractivity contribution in [3.63, 3.8) is 0 Å². The Morgan fingerprint density at radius 3 is 3.00 bits per heavy atom. The van der Waals surface area contributed by atoms with Gasteiger partial charge in [-0.05, 0) is 55.7 Å². The highest BCUT2D eigenvalue weighted by Crippen LogP contribution is 2.37. The van der Waals surface area contributed by atoms with Crippen LogP contribution in [0, 0.1) is 5.92 Å². The molecule has 3 heteroatoms. The van der Waals surface area contributed by atoms with Crippen LogP contribution in [0.15, 0.2) is 18.2 Å². The lowest BCUT2D eigenvalue weighted by molar-refractivity contribution is -0.0117. The summed E-state index contributed by atoms with van der Waals surface area (Å²) in [5.74, 6) is 2.22. The lowest BCUT2D eigenvalue weighted by atomic mass is 9.82. The van der Waals surface area contributed by atoms with Crippen LogP contribution in [-0.4, -0.2) is 24.4 Å². The van der Waals surface area contributed by atoms with E-state index in [0.717, 1.165) is 37.2 Å². The highest BCUT2D eigenvalue weighted by Gasteiger charge is 2.32. The summed E-state index contributed by atoms with van der Waals surface area (Å²) in [7, 11) is 1.65. The standard InChI is InChI=1S/C15H20O3/c1-17-13-7-5-11-3-2-10-4-6-12(16)14(8-10)18-15(13)9-11/h5,7,9-10,12,14,16H,2-4,6,8H2,1H3. The van der Waals surface area contributed by atoms with Gasteiger partial charge in [0, 0.05) is 0 Å². The van der Waals surface area contributed by atoms with E-state index in [2.05, 4.69) is 12.1 Å². The quantitative estimate of drug-likeness (QED) is 0.830. The molecular weight excluding hydrogens is 228 g/mol. The van der Waals surface area contributed by atoms with Crippen molar-refractivity contribution in [2.75, 3.05) is 7.11 Å². The van der Waals surface area contributed by atoms with Gasteiger partial charge in [-0.3, -0.25) is 0 Å². The van der Waals surface area contributed by atoms with Crippen LogP contribution < -0.4 is 9.47 Å². The van der Waals surface area contributed by atoms with Gasteiger partial charge in [-0.15, -0.1) is 0 Å². The van der Waals surface area contributed by atoms with E-state index in [1.807, 2.05) is 6.07 Å². The normalized spacial score (nSPS) is 30.7. The Hall–Kier alpha value is -1.22. The van der Waals surface area contributed by atoms with Gasteiger partial charge >= 0.3 is 0 Å². The van der Waals surface area contributed by atoms with Crippen LogP contribution in [0.2, 0.25) is 0 Å². The van der Waals surface area contributed by atoms with Gasteiger partial charge in [0.1, 0.15) is 6.10 Å². The first-order valence-electron chi connectivity index (χ1n) is 6.78. The SMILES string of the molecule is COc1ccc2cc1OC1CC(CC2)CCC1O. The number of aryl methyl sites for hydroxylation is 1. The van der Waals surface area contributed by atoms with Crippen molar-refractivity contribution >= 4 is 0 Å². The second-order valence-corrected chi connectivity index (χ2v) is 5.43. The van der Waals surface area contributed by atoms with Gasteiger partial charge in [0.2, 0.25) is 0 Å². The number of ether oxygens (including phenoxy) is 2. The molecule has 1 aliphatic carbocycles. The number of benzene rings is 1. The molecule has 0 saturated heterocycles. The minimum absolute atomic E-state index is 0.0778. The summed E-state index contributed by atoms with van der Waals surface area (Å²) in [6.07, 6.45) is 4.80. The fraction of sp³-hybridized carbons (Fsp3) is 0.600. The van der Waals surface area contributed by atoms with Crippen molar-refractivity contribution in [2.45, 2.75) is 44.3 Å².